The molecule has 1 atom stereocenters. The van der Waals surface area contributed by atoms with Crippen LogP contribution in [0.3, 0.4) is 0 Å². The number of hydrogen-bond donors (Lipinski definition) is 1. The van der Waals surface area contributed by atoms with E-state index < -0.39 is 0 Å². The zero-order valence-corrected chi connectivity index (χ0v) is 13.5. The van der Waals surface area contributed by atoms with E-state index in [2.05, 4.69) is 15.5 Å². The van der Waals surface area contributed by atoms with Crippen molar-refractivity contribution in [1.29, 1.82) is 0 Å². The van der Waals surface area contributed by atoms with E-state index in [4.69, 9.17) is 4.42 Å². The Hall–Kier alpha value is -2.17. The minimum absolute atomic E-state index is 0.0550. The van der Waals surface area contributed by atoms with Crippen LogP contribution in [0.5, 0.6) is 0 Å². The van der Waals surface area contributed by atoms with Gasteiger partial charge in [0, 0.05) is 6.42 Å². The van der Waals surface area contributed by atoms with Crippen LogP contribution in [0.15, 0.2) is 34.7 Å². The Morgan fingerprint density at radius 2 is 1.91 bits per heavy atom. The number of aromatic nitrogens is 2. The van der Waals surface area contributed by atoms with E-state index in [0.717, 1.165) is 18.4 Å². The Balaban J connectivity index is 1.69. The smallest absolute Gasteiger partial charge is 0.235 e. The summed E-state index contributed by atoms with van der Waals surface area (Å²) in [6, 6.07) is 10.1. The molecule has 3 rings (SSSR count). The number of carbonyl (C=O) groups is 1. The summed E-state index contributed by atoms with van der Waals surface area (Å²) >= 11 is 0. The quantitative estimate of drug-likeness (QED) is 0.889. The molecule has 0 saturated heterocycles. The number of hydrogen-bond acceptors (Lipinski definition) is 4. The third kappa shape index (κ3) is 3.78. The van der Waals surface area contributed by atoms with Crippen LogP contribution in [-0.2, 0) is 17.8 Å². The van der Waals surface area contributed by atoms with Crippen molar-refractivity contribution >= 4 is 5.91 Å². The third-order valence-electron chi connectivity index (χ3n) is 4.54. The number of benzene rings is 1. The Bertz CT molecular complexity index is 633. The number of rotatable bonds is 6. The predicted octanol–water partition coefficient (Wildman–Crippen LogP) is 3.22. The average Bonchev–Trinajstić information content (AvgIpc) is 3.26. The van der Waals surface area contributed by atoms with Crippen LogP contribution in [0.4, 0.5) is 0 Å². The molecule has 5 heteroatoms. The van der Waals surface area contributed by atoms with Crippen LogP contribution >= 0.6 is 0 Å². The second-order valence-electron chi connectivity index (χ2n) is 6.09. The van der Waals surface area contributed by atoms with Gasteiger partial charge in [-0.25, -0.2) is 0 Å². The van der Waals surface area contributed by atoms with Crippen molar-refractivity contribution in [3.05, 3.63) is 47.7 Å². The third-order valence-corrected chi connectivity index (χ3v) is 4.54. The van der Waals surface area contributed by atoms with E-state index >= 15 is 0 Å². The molecule has 0 aliphatic heterocycles. The van der Waals surface area contributed by atoms with Gasteiger partial charge in [-0.2, -0.15) is 0 Å². The van der Waals surface area contributed by atoms with E-state index in [-0.39, 0.29) is 11.8 Å². The number of amides is 1. The fourth-order valence-corrected chi connectivity index (χ4v) is 3.36. The van der Waals surface area contributed by atoms with Gasteiger partial charge in [0.05, 0.1) is 12.5 Å². The lowest BCUT2D eigenvalue weighted by Gasteiger charge is -2.22. The van der Waals surface area contributed by atoms with Crippen molar-refractivity contribution in [2.75, 3.05) is 0 Å². The van der Waals surface area contributed by atoms with E-state index in [0.29, 0.717) is 30.7 Å². The molecule has 1 aliphatic carbocycles. The molecule has 1 N–H and O–H groups in total. The van der Waals surface area contributed by atoms with Gasteiger partial charge in [0.25, 0.3) is 0 Å². The van der Waals surface area contributed by atoms with Crippen molar-refractivity contribution in [2.45, 2.75) is 51.5 Å². The maximum atomic E-state index is 12.8. The van der Waals surface area contributed by atoms with Gasteiger partial charge in [-0.15, -0.1) is 10.2 Å². The fraction of sp³-hybridized carbons (Fsp3) is 0.500. The molecule has 1 aromatic heterocycles. The molecule has 5 nitrogen and oxygen atoms in total. The monoisotopic (exact) mass is 313 g/mol. The largest absolute Gasteiger partial charge is 0.423 e. The van der Waals surface area contributed by atoms with Crippen LogP contribution in [0, 0.1) is 5.92 Å². The van der Waals surface area contributed by atoms with Gasteiger partial charge in [0.15, 0.2) is 0 Å². The van der Waals surface area contributed by atoms with Crippen LogP contribution in [0.25, 0.3) is 0 Å². The first-order valence-corrected chi connectivity index (χ1v) is 8.42. The zero-order valence-electron chi connectivity index (χ0n) is 13.5. The number of carbonyl (C=O) groups excluding carboxylic acids is 1. The highest BCUT2D eigenvalue weighted by Crippen LogP contribution is 2.37. The first kappa shape index (κ1) is 15.7. The topological polar surface area (TPSA) is 68.0 Å². The van der Waals surface area contributed by atoms with Gasteiger partial charge in [0.1, 0.15) is 0 Å². The molecule has 0 bridgehead atoms. The molecule has 122 valence electrons. The molecule has 1 saturated carbocycles. The molecule has 23 heavy (non-hydrogen) atoms. The highest BCUT2D eigenvalue weighted by Gasteiger charge is 2.31. The van der Waals surface area contributed by atoms with Crippen molar-refractivity contribution in [3.63, 3.8) is 0 Å². The van der Waals surface area contributed by atoms with Crippen LogP contribution in [0.2, 0.25) is 0 Å². The van der Waals surface area contributed by atoms with E-state index in [1.165, 1.54) is 12.8 Å². The molecule has 1 heterocycles. The van der Waals surface area contributed by atoms with Crippen molar-refractivity contribution in [3.8, 4) is 0 Å². The summed E-state index contributed by atoms with van der Waals surface area (Å²) in [5.74, 6) is 1.45. The molecular weight excluding hydrogens is 290 g/mol. The summed E-state index contributed by atoms with van der Waals surface area (Å²) in [5.41, 5.74) is 1.09. The Labute approximate surface area is 136 Å². The molecule has 1 aromatic carbocycles. The van der Waals surface area contributed by atoms with Gasteiger partial charge in [-0.05, 0) is 24.3 Å². The Morgan fingerprint density at radius 3 is 2.57 bits per heavy atom. The summed E-state index contributed by atoms with van der Waals surface area (Å²) in [4.78, 5) is 12.8. The molecule has 1 aliphatic rings. The second kappa shape index (κ2) is 7.40. The predicted molar refractivity (Wildman–Crippen MR) is 86.7 cm³/mol. The molecular formula is C18H23N3O2. The zero-order chi connectivity index (χ0) is 16.1. The molecule has 1 fully saturated rings. The summed E-state index contributed by atoms with van der Waals surface area (Å²) in [6.07, 6.45) is 5.37. The number of nitrogens with zero attached hydrogens (tertiary/aromatic N) is 2. The van der Waals surface area contributed by atoms with Gasteiger partial charge in [-0.1, -0.05) is 50.1 Å². The average molecular weight is 313 g/mol. The van der Waals surface area contributed by atoms with Crippen molar-refractivity contribution < 1.29 is 9.21 Å². The maximum absolute atomic E-state index is 12.8. The molecule has 2 aromatic rings. The highest BCUT2D eigenvalue weighted by molar-refractivity contribution is 5.84. The highest BCUT2D eigenvalue weighted by atomic mass is 16.4. The molecule has 0 spiro atoms. The normalized spacial score (nSPS) is 16.4. The minimum Gasteiger partial charge on any atom is -0.423 e. The lowest BCUT2D eigenvalue weighted by molar-refractivity contribution is -0.124. The lowest BCUT2D eigenvalue weighted by Crippen LogP contribution is -2.32. The Kier molecular flexibility index (Phi) is 5.05. The maximum Gasteiger partial charge on any atom is 0.235 e. The first-order chi connectivity index (χ1) is 11.3. The molecule has 0 unspecified atom stereocenters. The second-order valence-corrected chi connectivity index (χ2v) is 6.09. The summed E-state index contributed by atoms with van der Waals surface area (Å²) in [6.45, 7) is 2.25. The number of aryl methyl sites for hydroxylation is 1. The van der Waals surface area contributed by atoms with Gasteiger partial charge in [-0.3, -0.25) is 4.79 Å². The van der Waals surface area contributed by atoms with Gasteiger partial charge in [0.2, 0.25) is 17.7 Å². The fourth-order valence-electron chi connectivity index (χ4n) is 3.36. The SMILES string of the molecule is CCc1nnc(CNC(=O)[C@H](c2ccccc2)C2CCCC2)o1. The van der Waals surface area contributed by atoms with Crippen LogP contribution in [0.1, 0.15) is 55.9 Å². The standard InChI is InChI=1S/C18H23N3O2/c1-2-15-20-21-16(23-15)12-19-18(22)17(14-10-6-7-11-14)13-8-4-3-5-9-13/h3-5,8-9,14,17H,2,6-7,10-12H2,1H3,(H,19,22)/t17-/m1/s1. The van der Waals surface area contributed by atoms with Crippen molar-refractivity contribution in [2.24, 2.45) is 5.92 Å². The van der Waals surface area contributed by atoms with E-state index in [9.17, 15) is 4.79 Å². The summed E-state index contributed by atoms with van der Waals surface area (Å²) in [5, 5.41) is 10.9. The lowest BCUT2D eigenvalue weighted by atomic mass is 9.84. The summed E-state index contributed by atoms with van der Waals surface area (Å²) < 4.78 is 5.46. The van der Waals surface area contributed by atoms with Gasteiger partial charge >= 0.3 is 0 Å². The van der Waals surface area contributed by atoms with E-state index in [1.807, 2.05) is 37.3 Å². The van der Waals surface area contributed by atoms with E-state index in [1.54, 1.807) is 0 Å². The number of nitrogens with one attached hydrogen (secondary N) is 1. The molecule has 0 radical (unpaired) electrons. The summed E-state index contributed by atoms with van der Waals surface area (Å²) in [7, 11) is 0. The van der Waals surface area contributed by atoms with Crippen LogP contribution in [-0.4, -0.2) is 16.1 Å². The van der Waals surface area contributed by atoms with Crippen molar-refractivity contribution in [1.82, 2.24) is 15.5 Å². The van der Waals surface area contributed by atoms with Crippen LogP contribution < -0.4 is 5.32 Å². The minimum atomic E-state index is -0.0905. The Morgan fingerprint density at radius 1 is 1.22 bits per heavy atom. The van der Waals surface area contributed by atoms with Gasteiger partial charge < -0.3 is 9.73 Å². The molecule has 1 amide bonds. The first-order valence-electron chi connectivity index (χ1n) is 8.42.